The van der Waals surface area contributed by atoms with Crippen LogP contribution in [0.15, 0.2) is 72.8 Å². The number of carbonyl (C=O) groups is 2. The Labute approximate surface area is 138 Å². The summed E-state index contributed by atoms with van der Waals surface area (Å²) in [5, 5.41) is 34.6. The summed E-state index contributed by atoms with van der Waals surface area (Å²) in [7, 11) is 0. The van der Waals surface area contributed by atoms with Crippen molar-refractivity contribution in [1.29, 1.82) is 0 Å². The fourth-order valence-electron chi connectivity index (χ4n) is 1.36. The Bertz CT molecular complexity index is 664. The van der Waals surface area contributed by atoms with E-state index in [9.17, 15) is 9.59 Å². The highest BCUT2D eigenvalue weighted by Crippen LogP contribution is 2.21. The predicted molar refractivity (Wildman–Crippen MR) is 87.8 cm³/mol. The van der Waals surface area contributed by atoms with Gasteiger partial charge in [-0.15, -0.1) is 0 Å². The molecule has 0 atom stereocenters. The molecule has 6 heteroatoms. The maximum atomic E-state index is 10.3. The normalized spacial score (nSPS) is 11.8. The number of allylic oxidation sites excluding steroid dienone is 4. The highest BCUT2D eigenvalue weighted by atomic mass is 16.3. The minimum Gasteiger partial charge on any atom is -0.508 e. The fraction of sp³-hybridized carbons (Fsp3) is 0. The van der Waals surface area contributed by atoms with Crippen LogP contribution in [0.5, 0.6) is 23.0 Å². The zero-order chi connectivity index (χ0) is 17.9. The first-order valence-electron chi connectivity index (χ1n) is 6.77. The van der Waals surface area contributed by atoms with E-state index >= 15 is 0 Å². The topological polar surface area (TPSA) is 115 Å². The number of phenolic OH excluding ortho intramolecular Hbond substituents is 4. The van der Waals surface area contributed by atoms with Crippen LogP contribution in [0.4, 0.5) is 0 Å². The lowest BCUT2D eigenvalue weighted by Crippen LogP contribution is -1.97. The molecule has 0 saturated carbocycles. The van der Waals surface area contributed by atoms with E-state index in [1.54, 1.807) is 12.1 Å². The zero-order valence-corrected chi connectivity index (χ0v) is 12.5. The Hall–Kier alpha value is -3.54. The third-order valence-corrected chi connectivity index (χ3v) is 2.56. The molecule has 0 saturated heterocycles. The minimum absolute atomic E-state index is 0.0764. The van der Waals surface area contributed by atoms with Crippen molar-refractivity contribution >= 4 is 11.6 Å². The van der Waals surface area contributed by atoms with Gasteiger partial charge in [0.05, 0.1) is 0 Å². The molecule has 2 aromatic rings. The molecule has 6 nitrogen and oxygen atoms in total. The van der Waals surface area contributed by atoms with Gasteiger partial charge in [-0.1, -0.05) is 12.1 Å². The molecule has 0 unspecified atom stereocenters. The van der Waals surface area contributed by atoms with Crippen molar-refractivity contribution in [2.45, 2.75) is 0 Å². The largest absolute Gasteiger partial charge is 0.508 e. The van der Waals surface area contributed by atoms with E-state index in [1.807, 2.05) is 0 Å². The van der Waals surface area contributed by atoms with Crippen LogP contribution in [0, 0.1) is 0 Å². The minimum atomic E-state index is -0.121. The van der Waals surface area contributed by atoms with Crippen LogP contribution in [0.25, 0.3) is 0 Å². The Kier molecular flexibility index (Phi) is 7.30. The molecule has 0 spiro atoms. The predicted octanol–water partition coefficient (Wildman–Crippen LogP) is 2.45. The second kappa shape index (κ2) is 9.47. The number of hydrogen-bond acceptors (Lipinski definition) is 6. The average Bonchev–Trinajstić information content (AvgIpc) is 2.57. The summed E-state index contributed by atoms with van der Waals surface area (Å²) in [6.45, 7) is 0. The summed E-state index contributed by atoms with van der Waals surface area (Å²) in [6, 6.07) is 11.9. The molecule has 0 aliphatic heterocycles. The first-order chi connectivity index (χ1) is 11.4. The van der Waals surface area contributed by atoms with E-state index in [0.29, 0.717) is 0 Å². The number of rotatable bonds is 0. The van der Waals surface area contributed by atoms with Crippen molar-refractivity contribution in [1.82, 2.24) is 0 Å². The summed E-state index contributed by atoms with van der Waals surface area (Å²) in [5.74, 6) is -0.0557. The van der Waals surface area contributed by atoms with Crippen LogP contribution in [0.1, 0.15) is 0 Å². The molecule has 0 aromatic heterocycles. The van der Waals surface area contributed by atoms with Crippen LogP contribution < -0.4 is 0 Å². The molecule has 0 heterocycles. The molecular formula is C18H16O6. The molecule has 4 N–H and O–H groups in total. The first kappa shape index (κ1) is 18.5. The zero-order valence-electron chi connectivity index (χ0n) is 12.5. The highest BCUT2D eigenvalue weighted by Gasteiger charge is 1.98. The van der Waals surface area contributed by atoms with Crippen molar-refractivity contribution in [3.8, 4) is 23.0 Å². The lowest BCUT2D eigenvalue weighted by Gasteiger charge is -1.91. The molecule has 2 aromatic carbocycles. The number of hydrogen-bond donors (Lipinski definition) is 4. The van der Waals surface area contributed by atoms with Gasteiger partial charge in [0.25, 0.3) is 0 Å². The molecule has 0 radical (unpaired) electrons. The van der Waals surface area contributed by atoms with Crippen LogP contribution in [0.2, 0.25) is 0 Å². The van der Waals surface area contributed by atoms with Gasteiger partial charge >= 0.3 is 0 Å². The molecular weight excluding hydrogens is 312 g/mol. The van der Waals surface area contributed by atoms with E-state index in [0.717, 1.165) is 0 Å². The van der Waals surface area contributed by atoms with Crippen LogP contribution in [0.3, 0.4) is 0 Å². The van der Waals surface area contributed by atoms with Gasteiger partial charge in [-0.3, -0.25) is 9.59 Å². The van der Waals surface area contributed by atoms with E-state index < -0.39 is 0 Å². The second-order valence-corrected chi connectivity index (χ2v) is 4.48. The Morgan fingerprint density at radius 2 is 0.792 bits per heavy atom. The van der Waals surface area contributed by atoms with E-state index in [1.165, 1.54) is 60.7 Å². The Balaban J connectivity index is 0.000000180. The third kappa shape index (κ3) is 7.46. The van der Waals surface area contributed by atoms with Gasteiger partial charge < -0.3 is 20.4 Å². The third-order valence-electron chi connectivity index (χ3n) is 2.56. The second-order valence-electron chi connectivity index (χ2n) is 4.48. The molecule has 124 valence electrons. The molecule has 1 aliphatic carbocycles. The first-order valence-corrected chi connectivity index (χ1v) is 6.77. The van der Waals surface area contributed by atoms with Crippen LogP contribution >= 0.6 is 0 Å². The molecule has 1 aliphatic rings. The van der Waals surface area contributed by atoms with Crippen molar-refractivity contribution in [2.24, 2.45) is 0 Å². The summed E-state index contributed by atoms with van der Waals surface area (Å²) < 4.78 is 0. The number of carbonyl (C=O) groups excluding carboxylic acids is 2. The SMILES string of the molecule is O=C1C=CC(=O)C=C1.Oc1ccc(O)cc1.Oc1ccccc1O. The summed E-state index contributed by atoms with van der Waals surface area (Å²) in [6.07, 6.45) is 5.01. The molecule has 0 fully saturated rings. The number of para-hydroxylation sites is 2. The van der Waals surface area contributed by atoms with Crippen molar-refractivity contribution < 1.29 is 30.0 Å². The van der Waals surface area contributed by atoms with Gasteiger partial charge in [0.1, 0.15) is 11.5 Å². The number of aromatic hydroxyl groups is 4. The average molecular weight is 328 g/mol. The maximum Gasteiger partial charge on any atom is 0.178 e. The standard InChI is InChI=1S/C6H6O2.C6H4O2.C6H6O2/c2*7-5-1-2-6(8)4-3-5;7-5-3-1-2-4-6(5)8/h1-4,7-8H;1-4H;1-4,7-8H. The summed E-state index contributed by atoms with van der Waals surface area (Å²) >= 11 is 0. The molecule has 0 amide bonds. The number of ketones is 2. The van der Waals surface area contributed by atoms with Gasteiger partial charge in [0.2, 0.25) is 0 Å². The summed E-state index contributed by atoms with van der Waals surface area (Å²) in [4.78, 5) is 20.6. The summed E-state index contributed by atoms with van der Waals surface area (Å²) in [5.41, 5.74) is 0. The maximum absolute atomic E-state index is 10.3. The quantitative estimate of drug-likeness (QED) is 0.335. The van der Waals surface area contributed by atoms with E-state index in [2.05, 4.69) is 0 Å². The van der Waals surface area contributed by atoms with Crippen molar-refractivity contribution in [3.05, 3.63) is 72.8 Å². The lowest BCUT2D eigenvalue weighted by molar-refractivity contribution is -0.113. The molecule has 24 heavy (non-hydrogen) atoms. The molecule has 0 bridgehead atoms. The van der Waals surface area contributed by atoms with Gasteiger partial charge in [0.15, 0.2) is 23.1 Å². The van der Waals surface area contributed by atoms with Crippen LogP contribution in [-0.4, -0.2) is 32.0 Å². The number of phenols is 4. The van der Waals surface area contributed by atoms with E-state index in [4.69, 9.17) is 20.4 Å². The van der Waals surface area contributed by atoms with Crippen LogP contribution in [-0.2, 0) is 9.59 Å². The highest BCUT2D eigenvalue weighted by molar-refractivity contribution is 6.14. The van der Waals surface area contributed by atoms with Gasteiger partial charge in [-0.25, -0.2) is 0 Å². The molecule has 3 rings (SSSR count). The lowest BCUT2D eigenvalue weighted by atomic mass is 10.2. The fourth-order valence-corrected chi connectivity index (χ4v) is 1.36. The smallest absolute Gasteiger partial charge is 0.178 e. The Morgan fingerprint density at radius 1 is 0.500 bits per heavy atom. The Morgan fingerprint density at radius 3 is 1.04 bits per heavy atom. The van der Waals surface area contributed by atoms with E-state index in [-0.39, 0.29) is 34.6 Å². The number of benzene rings is 2. The van der Waals surface area contributed by atoms with Crippen molar-refractivity contribution in [2.75, 3.05) is 0 Å². The van der Waals surface area contributed by atoms with Crippen molar-refractivity contribution in [3.63, 3.8) is 0 Å². The van der Waals surface area contributed by atoms with Gasteiger partial charge in [-0.2, -0.15) is 0 Å². The van der Waals surface area contributed by atoms with Gasteiger partial charge in [-0.05, 0) is 60.7 Å². The monoisotopic (exact) mass is 328 g/mol. The van der Waals surface area contributed by atoms with Gasteiger partial charge in [0, 0.05) is 0 Å².